The number of carbonyl (C=O) groups excluding carboxylic acids is 1. The summed E-state index contributed by atoms with van der Waals surface area (Å²) in [7, 11) is -3.29. The maximum Gasteiger partial charge on any atom is 0.253 e. The van der Waals surface area contributed by atoms with Crippen LogP contribution in [0.3, 0.4) is 0 Å². The van der Waals surface area contributed by atoms with E-state index in [2.05, 4.69) is 16.5 Å². The summed E-state index contributed by atoms with van der Waals surface area (Å²) in [4.78, 5) is 16.6. The van der Waals surface area contributed by atoms with Crippen LogP contribution in [-0.4, -0.2) is 62.6 Å². The lowest BCUT2D eigenvalue weighted by Gasteiger charge is -2.34. The van der Waals surface area contributed by atoms with Crippen molar-refractivity contribution in [2.75, 3.05) is 43.2 Å². The first-order valence-electron chi connectivity index (χ1n) is 7.57. The van der Waals surface area contributed by atoms with Crippen molar-refractivity contribution in [1.82, 2.24) is 9.80 Å². The highest BCUT2D eigenvalue weighted by Crippen LogP contribution is 2.14. The number of piperazine rings is 1. The van der Waals surface area contributed by atoms with Gasteiger partial charge in [0.2, 0.25) is 10.0 Å². The molecule has 0 spiro atoms. The van der Waals surface area contributed by atoms with Gasteiger partial charge in [0, 0.05) is 37.4 Å². The molecule has 0 aliphatic carbocycles. The van der Waals surface area contributed by atoms with Gasteiger partial charge in [0.25, 0.3) is 5.91 Å². The normalized spacial score (nSPS) is 16.5. The van der Waals surface area contributed by atoms with Crippen LogP contribution in [0, 0.1) is 0 Å². The Morgan fingerprint density at radius 1 is 1.09 bits per heavy atom. The summed E-state index contributed by atoms with van der Waals surface area (Å²) in [6.45, 7) is 7.97. The fourth-order valence-corrected chi connectivity index (χ4v) is 3.02. The second-order valence-electron chi connectivity index (χ2n) is 5.31. The molecule has 0 bridgehead atoms. The smallest absolute Gasteiger partial charge is 0.253 e. The Morgan fingerprint density at radius 2 is 1.68 bits per heavy atom. The van der Waals surface area contributed by atoms with Crippen molar-refractivity contribution in [3.63, 3.8) is 0 Å². The molecule has 1 aromatic carbocycles. The Kier molecular flexibility index (Phi) is 5.42. The molecule has 2 rings (SSSR count). The van der Waals surface area contributed by atoms with Crippen LogP contribution >= 0.6 is 0 Å². The summed E-state index contributed by atoms with van der Waals surface area (Å²) in [5.41, 5.74) is 1.07. The first-order valence-corrected chi connectivity index (χ1v) is 9.22. The van der Waals surface area contributed by atoms with E-state index in [0.717, 1.165) is 32.7 Å². The highest BCUT2D eigenvalue weighted by atomic mass is 32.2. The Bertz CT molecular complexity index is 605. The number of nitrogens with one attached hydrogen (secondary N) is 1. The summed E-state index contributed by atoms with van der Waals surface area (Å²) in [6, 6.07) is 6.59. The molecule has 1 N–H and O–H groups in total. The molecule has 7 heteroatoms. The zero-order valence-corrected chi connectivity index (χ0v) is 13.9. The number of rotatable bonds is 5. The van der Waals surface area contributed by atoms with E-state index in [1.807, 2.05) is 4.90 Å². The van der Waals surface area contributed by atoms with E-state index < -0.39 is 10.0 Å². The third-order valence-electron chi connectivity index (χ3n) is 3.89. The SMILES string of the molecule is CCN1CCN(C(=O)c2ccc(NS(=O)(=O)CC)cc2)CC1. The number of sulfonamides is 1. The fourth-order valence-electron chi connectivity index (χ4n) is 2.38. The van der Waals surface area contributed by atoms with Crippen LogP contribution in [0.25, 0.3) is 0 Å². The topological polar surface area (TPSA) is 69.7 Å². The lowest BCUT2D eigenvalue weighted by atomic mass is 10.1. The van der Waals surface area contributed by atoms with Crippen LogP contribution in [-0.2, 0) is 10.0 Å². The molecule has 1 amide bonds. The largest absolute Gasteiger partial charge is 0.336 e. The van der Waals surface area contributed by atoms with Gasteiger partial charge in [-0.05, 0) is 37.7 Å². The van der Waals surface area contributed by atoms with Crippen LogP contribution in [0.4, 0.5) is 5.69 Å². The third kappa shape index (κ3) is 4.20. The molecular weight excluding hydrogens is 302 g/mol. The minimum absolute atomic E-state index is 0.000603. The number of likely N-dealkylation sites (N-methyl/N-ethyl adjacent to an activating group) is 1. The van der Waals surface area contributed by atoms with Gasteiger partial charge in [-0.25, -0.2) is 8.42 Å². The zero-order chi connectivity index (χ0) is 16.2. The van der Waals surface area contributed by atoms with E-state index in [1.54, 1.807) is 31.2 Å². The predicted molar refractivity (Wildman–Crippen MR) is 87.5 cm³/mol. The Hall–Kier alpha value is -1.60. The van der Waals surface area contributed by atoms with Gasteiger partial charge in [0.1, 0.15) is 0 Å². The van der Waals surface area contributed by atoms with E-state index in [1.165, 1.54) is 0 Å². The van der Waals surface area contributed by atoms with Crippen LogP contribution in [0.1, 0.15) is 24.2 Å². The molecule has 122 valence electrons. The minimum atomic E-state index is -3.29. The number of hydrogen-bond donors (Lipinski definition) is 1. The zero-order valence-electron chi connectivity index (χ0n) is 13.1. The molecule has 1 aliphatic rings. The lowest BCUT2D eigenvalue weighted by Crippen LogP contribution is -2.48. The quantitative estimate of drug-likeness (QED) is 0.884. The Morgan fingerprint density at radius 3 is 2.18 bits per heavy atom. The monoisotopic (exact) mass is 325 g/mol. The van der Waals surface area contributed by atoms with Crippen molar-refractivity contribution >= 4 is 21.6 Å². The van der Waals surface area contributed by atoms with Gasteiger partial charge >= 0.3 is 0 Å². The second kappa shape index (κ2) is 7.11. The molecule has 1 aliphatic heterocycles. The van der Waals surface area contributed by atoms with Crippen molar-refractivity contribution in [1.29, 1.82) is 0 Å². The molecule has 22 heavy (non-hydrogen) atoms. The summed E-state index contributed by atoms with van der Waals surface area (Å²) in [6.07, 6.45) is 0. The standard InChI is InChI=1S/C15H23N3O3S/c1-3-17-9-11-18(12-10-17)15(19)13-5-7-14(8-6-13)16-22(20,21)4-2/h5-8,16H,3-4,9-12H2,1-2H3. The molecule has 1 saturated heterocycles. The van der Waals surface area contributed by atoms with Crippen LogP contribution in [0.5, 0.6) is 0 Å². The van der Waals surface area contributed by atoms with E-state index in [0.29, 0.717) is 11.3 Å². The van der Waals surface area contributed by atoms with Gasteiger partial charge in [-0.1, -0.05) is 6.92 Å². The summed E-state index contributed by atoms with van der Waals surface area (Å²) in [5, 5.41) is 0. The lowest BCUT2D eigenvalue weighted by molar-refractivity contribution is 0.0643. The third-order valence-corrected chi connectivity index (χ3v) is 5.20. The molecule has 0 radical (unpaired) electrons. The average Bonchev–Trinajstić information content (AvgIpc) is 2.55. The second-order valence-corrected chi connectivity index (χ2v) is 7.32. The molecule has 0 atom stereocenters. The molecule has 1 fully saturated rings. The molecular formula is C15H23N3O3S. The van der Waals surface area contributed by atoms with Crippen LogP contribution < -0.4 is 4.72 Å². The van der Waals surface area contributed by atoms with E-state index in [9.17, 15) is 13.2 Å². The number of carbonyl (C=O) groups is 1. The molecule has 1 heterocycles. The van der Waals surface area contributed by atoms with Gasteiger partial charge < -0.3 is 9.80 Å². The molecule has 0 aromatic heterocycles. The van der Waals surface area contributed by atoms with Crippen molar-refractivity contribution < 1.29 is 13.2 Å². The van der Waals surface area contributed by atoms with E-state index in [-0.39, 0.29) is 11.7 Å². The van der Waals surface area contributed by atoms with Gasteiger partial charge in [-0.2, -0.15) is 0 Å². The highest BCUT2D eigenvalue weighted by molar-refractivity contribution is 7.92. The van der Waals surface area contributed by atoms with Crippen molar-refractivity contribution in [3.05, 3.63) is 29.8 Å². The predicted octanol–water partition coefficient (Wildman–Crippen LogP) is 1.23. The van der Waals surface area contributed by atoms with Crippen molar-refractivity contribution in [2.45, 2.75) is 13.8 Å². The van der Waals surface area contributed by atoms with Crippen molar-refractivity contribution in [2.24, 2.45) is 0 Å². The highest BCUT2D eigenvalue weighted by Gasteiger charge is 2.21. The summed E-state index contributed by atoms with van der Waals surface area (Å²) >= 11 is 0. The number of amides is 1. The number of anilines is 1. The number of hydrogen-bond acceptors (Lipinski definition) is 4. The average molecular weight is 325 g/mol. The Labute approximate surface area is 132 Å². The van der Waals surface area contributed by atoms with Gasteiger partial charge in [-0.15, -0.1) is 0 Å². The van der Waals surface area contributed by atoms with E-state index in [4.69, 9.17) is 0 Å². The summed E-state index contributed by atoms with van der Waals surface area (Å²) in [5.74, 6) is 0.0238. The first-order chi connectivity index (χ1) is 10.4. The molecule has 0 unspecified atom stereocenters. The van der Waals surface area contributed by atoms with Gasteiger partial charge in [-0.3, -0.25) is 9.52 Å². The van der Waals surface area contributed by atoms with Crippen LogP contribution in [0.2, 0.25) is 0 Å². The maximum atomic E-state index is 12.4. The molecule has 1 aromatic rings. The van der Waals surface area contributed by atoms with E-state index >= 15 is 0 Å². The van der Waals surface area contributed by atoms with Crippen molar-refractivity contribution in [3.8, 4) is 0 Å². The number of benzene rings is 1. The minimum Gasteiger partial charge on any atom is -0.336 e. The first kappa shape index (κ1) is 16.8. The van der Waals surface area contributed by atoms with Gasteiger partial charge in [0.05, 0.1) is 5.75 Å². The maximum absolute atomic E-state index is 12.4. The van der Waals surface area contributed by atoms with Gasteiger partial charge in [0.15, 0.2) is 0 Å². The van der Waals surface area contributed by atoms with Crippen LogP contribution in [0.15, 0.2) is 24.3 Å². The summed E-state index contributed by atoms with van der Waals surface area (Å²) < 4.78 is 25.5. The Balaban J connectivity index is 2.00. The molecule has 6 nitrogen and oxygen atoms in total. The number of nitrogens with zero attached hydrogens (tertiary/aromatic N) is 2. The fraction of sp³-hybridized carbons (Fsp3) is 0.533. The molecule has 0 saturated carbocycles.